The predicted molar refractivity (Wildman–Crippen MR) is 134 cm³/mol. The second-order valence-corrected chi connectivity index (χ2v) is 14.1. The standard InChI is InChI=1S/C25H40O3PSi/c1-5-9-21-29(24-17-12-10-13-18-24,25-19-14-11-15-20-25)22-16-23-30(26-6-2,27-7-3)28-8-4/h10-15,17-20H,5-9,16,21-23H2,1-4H3/q+1. The fraction of sp³-hybridized carbons (Fsp3) is 0.520. The Hall–Kier alpha value is -1.03. The predicted octanol–water partition coefficient (Wildman–Crippen LogP) is 5.89. The first-order valence-corrected chi connectivity index (χ1v) is 15.7. The summed E-state index contributed by atoms with van der Waals surface area (Å²) in [6.07, 6.45) is 5.96. The van der Waals surface area contributed by atoms with Gasteiger partial charge in [0.05, 0.1) is 30.2 Å². The summed E-state index contributed by atoms with van der Waals surface area (Å²) in [5.74, 6) is 0. The zero-order valence-corrected chi connectivity index (χ0v) is 21.2. The first-order valence-electron chi connectivity index (χ1n) is 11.6. The van der Waals surface area contributed by atoms with Crippen LogP contribution in [0.25, 0.3) is 0 Å². The molecule has 2 aromatic carbocycles. The smallest absolute Gasteiger partial charge is 0.374 e. The Kier molecular flexibility index (Phi) is 11.3. The molecule has 0 atom stereocenters. The van der Waals surface area contributed by atoms with Crippen molar-refractivity contribution in [3.63, 3.8) is 0 Å². The molecule has 0 bridgehead atoms. The van der Waals surface area contributed by atoms with Crippen molar-refractivity contribution in [3.8, 4) is 0 Å². The van der Waals surface area contributed by atoms with Gasteiger partial charge in [0.1, 0.15) is 0 Å². The van der Waals surface area contributed by atoms with Crippen molar-refractivity contribution in [2.24, 2.45) is 0 Å². The molecule has 0 spiro atoms. The Morgan fingerprint density at radius 1 is 0.633 bits per heavy atom. The maximum Gasteiger partial charge on any atom is 0.501 e. The Labute approximate surface area is 185 Å². The van der Waals surface area contributed by atoms with E-state index in [1.807, 2.05) is 20.8 Å². The highest BCUT2D eigenvalue weighted by atomic mass is 31.2. The van der Waals surface area contributed by atoms with Crippen LogP contribution in [-0.4, -0.2) is 40.9 Å². The van der Waals surface area contributed by atoms with Crippen molar-refractivity contribution in [1.29, 1.82) is 0 Å². The van der Waals surface area contributed by atoms with Gasteiger partial charge in [-0.05, 0) is 57.9 Å². The van der Waals surface area contributed by atoms with Crippen LogP contribution in [-0.2, 0) is 13.3 Å². The molecule has 0 unspecified atom stereocenters. The molecule has 0 N–H and O–H groups in total. The summed E-state index contributed by atoms with van der Waals surface area (Å²) < 4.78 is 18.4. The molecule has 2 aromatic rings. The third kappa shape index (κ3) is 6.73. The fourth-order valence-corrected chi connectivity index (χ4v) is 11.7. The number of benzene rings is 2. The van der Waals surface area contributed by atoms with Gasteiger partial charge in [-0.1, -0.05) is 49.7 Å². The van der Waals surface area contributed by atoms with Crippen LogP contribution >= 0.6 is 7.26 Å². The van der Waals surface area contributed by atoms with Gasteiger partial charge < -0.3 is 13.3 Å². The van der Waals surface area contributed by atoms with Gasteiger partial charge in [0.15, 0.2) is 0 Å². The molecule has 0 saturated heterocycles. The summed E-state index contributed by atoms with van der Waals surface area (Å²) >= 11 is 0. The molecule has 0 aromatic heterocycles. The van der Waals surface area contributed by atoms with E-state index in [0.29, 0.717) is 19.8 Å². The van der Waals surface area contributed by atoms with Crippen LogP contribution in [0.3, 0.4) is 0 Å². The Morgan fingerprint density at radius 3 is 1.47 bits per heavy atom. The summed E-state index contributed by atoms with van der Waals surface area (Å²) in [5.41, 5.74) is 0. The minimum atomic E-state index is -2.61. The van der Waals surface area contributed by atoms with E-state index in [1.165, 1.54) is 35.8 Å². The largest absolute Gasteiger partial charge is 0.501 e. The highest BCUT2D eigenvalue weighted by Crippen LogP contribution is 2.58. The van der Waals surface area contributed by atoms with Crippen molar-refractivity contribution >= 4 is 26.7 Å². The normalized spacial score (nSPS) is 12.3. The van der Waals surface area contributed by atoms with Gasteiger partial charge >= 0.3 is 8.80 Å². The summed E-state index contributed by atoms with van der Waals surface area (Å²) in [4.78, 5) is 0. The maximum atomic E-state index is 6.12. The average molecular weight is 448 g/mol. The van der Waals surface area contributed by atoms with Crippen LogP contribution in [0.2, 0.25) is 6.04 Å². The fourth-order valence-electron chi connectivity index (χ4n) is 4.20. The van der Waals surface area contributed by atoms with Crippen molar-refractivity contribution in [1.82, 2.24) is 0 Å². The summed E-state index contributed by atoms with van der Waals surface area (Å²) in [6, 6.07) is 23.3. The van der Waals surface area contributed by atoms with Crippen molar-refractivity contribution in [3.05, 3.63) is 60.7 Å². The van der Waals surface area contributed by atoms with Gasteiger partial charge in [0.25, 0.3) is 0 Å². The van der Waals surface area contributed by atoms with Crippen LogP contribution in [0.1, 0.15) is 47.0 Å². The molecule has 0 heterocycles. The zero-order chi connectivity index (χ0) is 21.7. The SMILES string of the molecule is CCCC[P+](CCC[Si](OCC)(OCC)OCC)(c1ccccc1)c1ccccc1. The summed E-state index contributed by atoms with van der Waals surface area (Å²) in [6.45, 7) is 10.3. The van der Waals surface area contributed by atoms with E-state index in [9.17, 15) is 0 Å². The molecule has 2 rings (SSSR count). The Balaban J connectivity index is 2.34. The van der Waals surface area contributed by atoms with Crippen LogP contribution in [0.5, 0.6) is 0 Å². The van der Waals surface area contributed by atoms with Gasteiger partial charge in [-0.3, -0.25) is 0 Å². The molecular weight excluding hydrogens is 407 g/mol. The zero-order valence-electron chi connectivity index (χ0n) is 19.3. The molecule has 3 nitrogen and oxygen atoms in total. The van der Waals surface area contributed by atoms with E-state index in [0.717, 1.165) is 12.5 Å². The van der Waals surface area contributed by atoms with Gasteiger partial charge in [-0.15, -0.1) is 0 Å². The lowest BCUT2D eigenvalue weighted by molar-refractivity contribution is 0.0712. The monoisotopic (exact) mass is 447 g/mol. The van der Waals surface area contributed by atoms with Crippen molar-refractivity contribution in [2.45, 2.75) is 53.0 Å². The Bertz CT molecular complexity index is 640. The van der Waals surface area contributed by atoms with E-state index in [2.05, 4.69) is 67.6 Å². The first-order chi connectivity index (χ1) is 14.7. The molecular formula is C25H40O3PSi+. The summed E-state index contributed by atoms with van der Waals surface area (Å²) in [7, 11) is -4.12. The van der Waals surface area contributed by atoms with E-state index >= 15 is 0 Å². The van der Waals surface area contributed by atoms with Gasteiger partial charge in [-0.25, -0.2) is 0 Å². The maximum absolute atomic E-state index is 6.12. The molecule has 0 aliphatic heterocycles. The second kappa shape index (κ2) is 13.4. The molecule has 0 aliphatic carbocycles. The first kappa shape index (κ1) is 25.2. The summed E-state index contributed by atoms with van der Waals surface area (Å²) in [5, 5.41) is 3.03. The van der Waals surface area contributed by atoms with E-state index in [1.54, 1.807) is 0 Å². The van der Waals surface area contributed by atoms with Crippen LogP contribution in [0.4, 0.5) is 0 Å². The second-order valence-electron chi connectivity index (χ2n) is 7.53. The van der Waals surface area contributed by atoms with Gasteiger partial charge in [0, 0.05) is 25.9 Å². The van der Waals surface area contributed by atoms with Crippen molar-refractivity contribution < 1.29 is 13.3 Å². The van der Waals surface area contributed by atoms with E-state index in [4.69, 9.17) is 13.3 Å². The number of hydrogen-bond acceptors (Lipinski definition) is 3. The van der Waals surface area contributed by atoms with Gasteiger partial charge in [0.2, 0.25) is 0 Å². The third-order valence-electron chi connectivity index (χ3n) is 5.51. The molecule has 0 aliphatic rings. The lowest BCUT2D eigenvalue weighted by Crippen LogP contribution is -2.46. The van der Waals surface area contributed by atoms with Crippen molar-refractivity contribution in [2.75, 3.05) is 32.1 Å². The minimum Gasteiger partial charge on any atom is -0.374 e. The molecule has 0 amide bonds. The molecule has 166 valence electrons. The highest BCUT2D eigenvalue weighted by Gasteiger charge is 2.45. The number of rotatable bonds is 15. The van der Waals surface area contributed by atoms with Crippen LogP contribution in [0, 0.1) is 0 Å². The molecule has 0 saturated carbocycles. The molecule has 0 radical (unpaired) electrons. The third-order valence-corrected chi connectivity index (χ3v) is 13.4. The topological polar surface area (TPSA) is 27.7 Å². The lowest BCUT2D eigenvalue weighted by atomic mass is 10.4. The highest BCUT2D eigenvalue weighted by molar-refractivity contribution is 7.89. The Morgan fingerprint density at radius 2 is 1.07 bits per heavy atom. The molecule has 5 heteroatoms. The van der Waals surface area contributed by atoms with E-state index < -0.39 is 16.1 Å². The molecule has 30 heavy (non-hydrogen) atoms. The minimum absolute atomic E-state index is 0.639. The van der Waals surface area contributed by atoms with Gasteiger partial charge in [-0.2, -0.15) is 0 Å². The van der Waals surface area contributed by atoms with Crippen LogP contribution in [0.15, 0.2) is 60.7 Å². The van der Waals surface area contributed by atoms with Crippen LogP contribution < -0.4 is 10.6 Å². The quantitative estimate of drug-likeness (QED) is 0.252. The van der Waals surface area contributed by atoms with E-state index in [-0.39, 0.29) is 0 Å². The number of hydrogen-bond donors (Lipinski definition) is 0. The lowest BCUT2D eigenvalue weighted by Gasteiger charge is -2.31. The average Bonchev–Trinajstić information content (AvgIpc) is 2.78. The number of unbranched alkanes of at least 4 members (excludes halogenated alkanes) is 1. The molecule has 0 fully saturated rings.